The van der Waals surface area contributed by atoms with Crippen LogP contribution in [0.3, 0.4) is 0 Å². The van der Waals surface area contributed by atoms with Gasteiger partial charge in [0, 0.05) is 30.2 Å². The number of amidine groups is 1. The summed E-state index contributed by atoms with van der Waals surface area (Å²) in [6.07, 6.45) is 2.47. The van der Waals surface area contributed by atoms with E-state index in [2.05, 4.69) is 31.7 Å². The minimum Gasteiger partial charge on any atom is -0.345 e. The van der Waals surface area contributed by atoms with Crippen molar-refractivity contribution in [3.05, 3.63) is 46.4 Å². The molecule has 2 heterocycles. The second-order valence-electron chi connectivity index (χ2n) is 5.14. The lowest BCUT2D eigenvalue weighted by molar-refractivity contribution is 0.648. The summed E-state index contributed by atoms with van der Waals surface area (Å²) in [5.41, 5.74) is 7.03. The fourth-order valence-corrected chi connectivity index (χ4v) is 2.98. The maximum atomic E-state index is 8.87. The maximum absolute atomic E-state index is 8.87. The number of anilines is 1. The van der Waals surface area contributed by atoms with Crippen LogP contribution in [0.2, 0.25) is 0 Å². The molecular formula is C16H17N7S. The van der Waals surface area contributed by atoms with E-state index in [-0.39, 0.29) is 6.04 Å². The lowest BCUT2D eigenvalue weighted by Gasteiger charge is -2.24. The minimum absolute atomic E-state index is 0.0277. The van der Waals surface area contributed by atoms with E-state index >= 15 is 0 Å². The number of nitrogens with zero attached hydrogens (tertiary/aromatic N) is 4. The highest BCUT2D eigenvalue weighted by molar-refractivity contribution is 7.09. The summed E-state index contributed by atoms with van der Waals surface area (Å²) in [6, 6.07) is 9.39. The van der Waals surface area contributed by atoms with Crippen molar-refractivity contribution in [3.63, 3.8) is 0 Å². The molecule has 122 valence electrons. The van der Waals surface area contributed by atoms with Crippen LogP contribution < -0.4 is 16.4 Å². The van der Waals surface area contributed by atoms with E-state index in [9.17, 15) is 0 Å². The van der Waals surface area contributed by atoms with Crippen molar-refractivity contribution >= 4 is 28.8 Å². The molecule has 4 N–H and O–H groups in total. The molecule has 1 aliphatic heterocycles. The summed E-state index contributed by atoms with van der Waals surface area (Å²) < 4.78 is 0. The molecule has 0 amide bonds. The lowest BCUT2D eigenvalue weighted by Crippen LogP contribution is -2.37. The Morgan fingerprint density at radius 2 is 2.25 bits per heavy atom. The van der Waals surface area contributed by atoms with Crippen LogP contribution in [0.15, 0.2) is 45.8 Å². The number of benzene rings is 1. The van der Waals surface area contributed by atoms with Gasteiger partial charge >= 0.3 is 0 Å². The van der Waals surface area contributed by atoms with Crippen molar-refractivity contribution in [3.8, 4) is 6.07 Å². The Balaban J connectivity index is 1.80. The second kappa shape index (κ2) is 7.68. The summed E-state index contributed by atoms with van der Waals surface area (Å²) in [6.45, 7) is 0.988. The highest BCUT2D eigenvalue weighted by atomic mass is 32.1. The van der Waals surface area contributed by atoms with Gasteiger partial charge in [-0.05, 0) is 24.3 Å². The monoisotopic (exact) mass is 339 g/mol. The molecule has 1 aromatic carbocycles. The maximum Gasteiger partial charge on any atom is 0.220 e. The number of guanidine groups is 1. The Hall–Kier alpha value is -2.76. The van der Waals surface area contributed by atoms with E-state index in [0.717, 1.165) is 16.5 Å². The number of hydrogen-bond acceptors (Lipinski definition) is 6. The number of aromatic nitrogens is 1. The van der Waals surface area contributed by atoms with Crippen molar-refractivity contribution in [2.45, 2.75) is 12.5 Å². The van der Waals surface area contributed by atoms with Gasteiger partial charge in [-0.2, -0.15) is 5.26 Å². The van der Waals surface area contributed by atoms with Crippen LogP contribution in [0, 0.1) is 11.3 Å². The molecule has 0 saturated heterocycles. The standard InChI is InChI=1S/C16H17N7S/c17-5-6-20-16-22-13(15-19-7-8-24-15)9-14(23-16)21-12-3-1-11(10-18)2-4-12/h1-4,7-8,13H,5-6,9,17H2,(H2,20,21,22,23). The third-order valence-corrected chi connectivity index (χ3v) is 4.27. The highest BCUT2D eigenvalue weighted by Crippen LogP contribution is 2.23. The van der Waals surface area contributed by atoms with E-state index in [1.54, 1.807) is 29.7 Å². The first-order chi connectivity index (χ1) is 11.8. The lowest BCUT2D eigenvalue weighted by atomic mass is 10.1. The van der Waals surface area contributed by atoms with Gasteiger partial charge in [0.15, 0.2) is 0 Å². The average Bonchev–Trinajstić information content (AvgIpc) is 3.15. The van der Waals surface area contributed by atoms with Gasteiger partial charge in [0.05, 0.1) is 24.2 Å². The largest absolute Gasteiger partial charge is 0.345 e. The zero-order chi connectivity index (χ0) is 16.8. The Kier molecular flexibility index (Phi) is 5.15. The van der Waals surface area contributed by atoms with Gasteiger partial charge in [-0.3, -0.25) is 0 Å². The minimum atomic E-state index is 0.0277. The molecule has 0 aliphatic carbocycles. The summed E-state index contributed by atoms with van der Waals surface area (Å²) >= 11 is 1.60. The zero-order valence-electron chi connectivity index (χ0n) is 12.9. The fourth-order valence-electron chi connectivity index (χ4n) is 2.29. The van der Waals surface area contributed by atoms with Crippen LogP contribution in [0.25, 0.3) is 0 Å². The number of aliphatic imine (C=N–C) groups is 2. The molecular weight excluding hydrogens is 322 g/mol. The first-order valence-corrected chi connectivity index (χ1v) is 8.41. The van der Waals surface area contributed by atoms with Crippen LogP contribution in [-0.2, 0) is 0 Å². The number of rotatable bonds is 4. The van der Waals surface area contributed by atoms with Gasteiger partial charge in [0.1, 0.15) is 10.8 Å². The summed E-state index contributed by atoms with van der Waals surface area (Å²) in [5.74, 6) is 1.36. The topological polar surface area (TPSA) is 111 Å². The second-order valence-corrected chi connectivity index (χ2v) is 6.06. The summed E-state index contributed by atoms with van der Waals surface area (Å²) in [4.78, 5) is 13.3. The van der Waals surface area contributed by atoms with Gasteiger partial charge in [0.2, 0.25) is 5.96 Å². The van der Waals surface area contributed by atoms with Crippen LogP contribution in [0.4, 0.5) is 5.69 Å². The zero-order valence-corrected chi connectivity index (χ0v) is 13.8. The average molecular weight is 339 g/mol. The van der Waals surface area contributed by atoms with E-state index in [1.807, 2.05) is 17.5 Å². The number of thiazole rings is 1. The predicted molar refractivity (Wildman–Crippen MR) is 96.2 cm³/mol. The Labute approximate surface area is 144 Å². The predicted octanol–water partition coefficient (Wildman–Crippen LogP) is 1.87. The van der Waals surface area contributed by atoms with Gasteiger partial charge < -0.3 is 16.4 Å². The SMILES string of the molecule is N#Cc1ccc(NC2=NC(=NCCN)NC(c3nccs3)C2)cc1. The molecule has 1 aromatic heterocycles. The van der Waals surface area contributed by atoms with Crippen molar-refractivity contribution in [1.29, 1.82) is 5.26 Å². The van der Waals surface area contributed by atoms with Gasteiger partial charge in [0.25, 0.3) is 0 Å². The van der Waals surface area contributed by atoms with E-state index < -0.39 is 0 Å². The van der Waals surface area contributed by atoms with Crippen molar-refractivity contribution in [1.82, 2.24) is 10.3 Å². The van der Waals surface area contributed by atoms with Crippen LogP contribution in [-0.4, -0.2) is 29.9 Å². The van der Waals surface area contributed by atoms with E-state index in [4.69, 9.17) is 11.0 Å². The molecule has 1 unspecified atom stereocenters. The molecule has 7 nitrogen and oxygen atoms in total. The van der Waals surface area contributed by atoms with Crippen molar-refractivity contribution < 1.29 is 0 Å². The van der Waals surface area contributed by atoms with Gasteiger partial charge in [-0.1, -0.05) is 0 Å². The van der Waals surface area contributed by atoms with E-state index in [1.165, 1.54) is 0 Å². The first kappa shape index (κ1) is 16.1. The number of nitriles is 1. The fraction of sp³-hybridized carbons (Fsp3) is 0.250. The Morgan fingerprint density at radius 1 is 1.42 bits per heavy atom. The molecule has 0 fully saturated rings. The van der Waals surface area contributed by atoms with Crippen LogP contribution in [0.5, 0.6) is 0 Å². The molecule has 0 saturated carbocycles. The highest BCUT2D eigenvalue weighted by Gasteiger charge is 2.23. The smallest absolute Gasteiger partial charge is 0.220 e. The molecule has 0 radical (unpaired) electrons. The number of nitrogens with one attached hydrogen (secondary N) is 2. The quantitative estimate of drug-likeness (QED) is 0.787. The summed E-state index contributed by atoms with van der Waals surface area (Å²) in [5, 5.41) is 18.4. The molecule has 0 spiro atoms. The molecule has 1 aliphatic rings. The number of nitrogens with two attached hydrogens (primary N) is 1. The van der Waals surface area contributed by atoms with Crippen LogP contribution in [0.1, 0.15) is 23.0 Å². The van der Waals surface area contributed by atoms with Crippen molar-refractivity contribution in [2.24, 2.45) is 15.7 Å². The van der Waals surface area contributed by atoms with E-state index in [0.29, 0.717) is 31.0 Å². The Bertz CT molecular complexity index is 772. The number of hydrogen-bond donors (Lipinski definition) is 3. The summed E-state index contributed by atoms with van der Waals surface area (Å²) in [7, 11) is 0. The molecule has 1 atom stereocenters. The van der Waals surface area contributed by atoms with Gasteiger partial charge in [-0.25, -0.2) is 15.0 Å². The molecule has 3 rings (SSSR count). The normalized spacial score (nSPS) is 18.6. The molecule has 2 aromatic rings. The Morgan fingerprint density at radius 3 is 2.92 bits per heavy atom. The molecule has 8 heteroatoms. The molecule has 24 heavy (non-hydrogen) atoms. The first-order valence-electron chi connectivity index (χ1n) is 7.53. The third kappa shape index (κ3) is 3.95. The van der Waals surface area contributed by atoms with Gasteiger partial charge in [-0.15, -0.1) is 11.3 Å². The van der Waals surface area contributed by atoms with Crippen molar-refractivity contribution in [2.75, 3.05) is 18.4 Å². The van der Waals surface area contributed by atoms with Crippen LogP contribution >= 0.6 is 11.3 Å². The third-order valence-electron chi connectivity index (χ3n) is 3.38. The molecule has 0 bridgehead atoms.